The molecule has 0 aliphatic heterocycles. The Morgan fingerprint density at radius 2 is 2.00 bits per heavy atom. The van der Waals surface area contributed by atoms with Crippen molar-refractivity contribution in [3.8, 4) is 5.75 Å². The first-order valence-corrected chi connectivity index (χ1v) is 8.23. The van der Waals surface area contributed by atoms with Crippen molar-refractivity contribution in [1.82, 2.24) is 9.97 Å². The summed E-state index contributed by atoms with van der Waals surface area (Å²) in [5.74, 6) is -0.175. The maximum Gasteiger partial charge on any atom is 0.335 e. The summed E-state index contributed by atoms with van der Waals surface area (Å²) < 4.78 is 5.38. The number of halogens is 1. The van der Waals surface area contributed by atoms with Gasteiger partial charge in [0.25, 0.3) is 5.56 Å². The Hall–Kier alpha value is -3.12. The van der Waals surface area contributed by atoms with Crippen molar-refractivity contribution in [3.63, 3.8) is 0 Å². The molecule has 0 radical (unpaired) electrons. The molecule has 3 aromatic rings. The van der Waals surface area contributed by atoms with Gasteiger partial charge in [-0.15, -0.1) is 0 Å². The monoisotopic (exact) mass is 370 g/mol. The molecule has 0 amide bonds. The topological polar surface area (TPSA) is 92.3 Å². The molecule has 7 heteroatoms. The van der Waals surface area contributed by atoms with E-state index in [2.05, 4.69) is 9.97 Å². The van der Waals surface area contributed by atoms with Crippen LogP contribution in [0.15, 0.2) is 47.3 Å². The number of aromatic carboxylic acids is 1. The average Bonchev–Trinajstić information content (AvgIpc) is 2.63. The third kappa shape index (κ3) is 3.75. The summed E-state index contributed by atoms with van der Waals surface area (Å²) in [5.41, 5.74) is 0.732. The second-order valence-corrected chi connectivity index (χ2v) is 5.85. The third-order valence-corrected chi connectivity index (χ3v) is 3.95. The van der Waals surface area contributed by atoms with E-state index in [1.165, 1.54) is 18.2 Å². The molecule has 132 valence electrons. The van der Waals surface area contributed by atoms with Gasteiger partial charge in [-0.1, -0.05) is 23.7 Å². The fourth-order valence-corrected chi connectivity index (χ4v) is 2.64. The number of nitrogens with one attached hydrogen (secondary N) is 1. The van der Waals surface area contributed by atoms with Crippen molar-refractivity contribution in [3.05, 3.63) is 69.8 Å². The summed E-state index contributed by atoms with van der Waals surface area (Å²) in [6.07, 6.45) is 1.66. The van der Waals surface area contributed by atoms with Crippen molar-refractivity contribution < 1.29 is 14.6 Å². The summed E-state index contributed by atoms with van der Waals surface area (Å²) in [5, 5.41) is 9.61. The smallest absolute Gasteiger partial charge is 0.335 e. The minimum absolute atomic E-state index is 0.0492. The van der Waals surface area contributed by atoms with Crippen molar-refractivity contribution in [2.45, 2.75) is 6.92 Å². The van der Waals surface area contributed by atoms with Gasteiger partial charge in [-0.3, -0.25) is 4.79 Å². The second-order valence-electron chi connectivity index (χ2n) is 5.45. The van der Waals surface area contributed by atoms with E-state index in [9.17, 15) is 9.59 Å². The highest BCUT2D eigenvalue weighted by atomic mass is 35.5. The van der Waals surface area contributed by atoms with E-state index in [0.29, 0.717) is 12.0 Å². The zero-order chi connectivity index (χ0) is 18.7. The Balaban J connectivity index is 2.00. The fourth-order valence-electron chi connectivity index (χ4n) is 2.43. The van der Waals surface area contributed by atoms with Crippen LogP contribution < -0.4 is 10.3 Å². The van der Waals surface area contributed by atoms with Crippen LogP contribution in [0, 0.1) is 0 Å². The van der Waals surface area contributed by atoms with Crippen LogP contribution in [0.4, 0.5) is 0 Å². The zero-order valence-corrected chi connectivity index (χ0v) is 14.6. The summed E-state index contributed by atoms with van der Waals surface area (Å²) in [7, 11) is 0. The number of H-pyrrole nitrogens is 1. The fraction of sp³-hybridized carbons (Fsp3) is 0.105. The first kappa shape index (κ1) is 17.7. The van der Waals surface area contributed by atoms with Crippen LogP contribution in [0.2, 0.25) is 0 Å². The first-order chi connectivity index (χ1) is 12.5. The number of benzene rings is 2. The number of nitrogens with zero attached hydrogens (tertiary/aromatic N) is 1. The molecular weight excluding hydrogens is 356 g/mol. The first-order valence-electron chi connectivity index (χ1n) is 7.85. The molecule has 0 aliphatic rings. The minimum atomic E-state index is -1.09. The molecule has 0 bridgehead atoms. The van der Waals surface area contributed by atoms with Crippen molar-refractivity contribution in [2.24, 2.45) is 0 Å². The van der Waals surface area contributed by atoms with Crippen LogP contribution in [0.25, 0.3) is 22.0 Å². The number of aromatic amines is 1. The van der Waals surface area contributed by atoms with Crippen molar-refractivity contribution in [2.75, 3.05) is 6.61 Å². The lowest BCUT2D eigenvalue weighted by molar-refractivity contribution is 0.0697. The molecule has 0 spiro atoms. The van der Waals surface area contributed by atoms with Gasteiger partial charge >= 0.3 is 5.97 Å². The maximum atomic E-state index is 12.2. The van der Waals surface area contributed by atoms with Crippen LogP contribution in [0.3, 0.4) is 0 Å². The van der Waals surface area contributed by atoms with Gasteiger partial charge in [0, 0.05) is 0 Å². The maximum absolute atomic E-state index is 12.2. The molecule has 0 saturated heterocycles. The van der Waals surface area contributed by atoms with Crippen LogP contribution >= 0.6 is 11.6 Å². The van der Waals surface area contributed by atoms with Gasteiger partial charge in [0.1, 0.15) is 5.75 Å². The Labute approximate surface area is 153 Å². The summed E-state index contributed by atoms with van der Waals surface area (Å²) in [6.45, 7) is 2.48. The van der Waals surface area contributed by atoms with Crippen LogP contribution in [-0.2, 0) is 0 Å². The van der Waals surface area contributed by atoms with E-state index < -0.39 is 5.97 Å². The molecule has 2 aromatic carbocycles. The van der Waals surface area contributed by atoms with E-state index in [-0.39, 0.29) is 27.5 Å². The molecule has 2 N–H and O–H groups in total. The predicted molar refractivity (Wildman–Crippen MR) is 101 cm³/mol. The van der Waals surface area contributed by atoms with Gasteiger partial charge in [0.05, 0.1) is 28.1 Å². The third-order valence-electron chi connectivity index (χ3n) is 3.66. The van der Waals surface area contributed by atoms with Crippen molar-refractivity contribution >= 4 is 39.6 Å². The molecule has 6 nitrogen and oxygen atoms in total. The summed E-state index contributed by atoms with van der Waals surface area (Å²) in [6, 6.07) is 11.4. The van der Waals surface area contributed by atoms with Gasteiger partial charge in [0.15, 0.2) is 5.82 Å². The van der Waals surface area contributed by atoms with Gasteiger partial charge in [-0.25, -0.2) is 9.78 Å². The Morgan fingerprint density at radius 1 is 1.27 bits per heavy atom. The van der Waals surface area contributed by atoms with E-state index in [1.54, 1.807) is 6.08 Å². The number of rotatable bonds is 5. The van der Waals surface area contributed by atoms with E-state index in [0.717, 1.165) is 11.3 Å². The Bertz CT molecular complexity index is 1060. The van der Waals surface area contributed by atoms with Crippen molar-refractivity contribution in [1.29, 1.82) is 0 Å². The molecule has 1 heterocycles. The number of ether oxygens (including phenoxy) is 1. The Morgan fingerprint density at radius 3 is 2.65 bits per heavy atom. The number of carbonyl (C=O) groups is 1. The van der Waals surface area contributed by atoms with Gasteiger partial charge in [-0.2, -0.15) is 0 Å². The molecule has 0 saturated carbocycles. The number of carboxylic acids is 1. The van der Waals surface area contributed by atoms with Crippen LogP contribution in [0.1, 0.15) is 28.7 Å². The molecular formula is C19H15ClN2O4. The van der Waals surface area contributed by atoms with E-state index in [1.807, 2.05) is 31.2 Å². The largest absolute Gasteiger partial charge is 0.494 e. The predicted octanol–water partition coefficient (Wildman–Crippen LogP) is 3.76. The lowest BCUT2D eigenvalue weighted by Crippen LogP contribution is -2.11. The number of hydrogen-bond acceptors (Lipinski definition) is 4. The quantitative estimate of drug-likeness (QED) is 0.713. The van der Waals surface area contributed by atoms with Crippen LogP contribution in [0.5, 0.6) is 5.75 Å². The van der Waals surface area contributed by atoms with Crippen LogP contribution in [-0.4, -0.2) is 27.7 Å². The van der Waals surface area contributed by atoms with E-state index in [4.69, 9.17) is 21.4 Å². The molecule has 0 aliphatic carbocycles. The average molecular weight is 371 g/mol. The highest BCUT2D eigenvalue weighted by Gasteiger charge is 2.10. The van der Waals surface area contributed by atoms with E-state index >= 15 is 0 Å². The lowest BCUT2D eigenvalue weighted by Gasteiger charge is -2.05. The lowest BCUT2D eigenvalue weighted by atomic mass is 10.1. The molecule has 1 aromatic heterocycles. The number of fused-ring (bicyclic) bond motifs is 1. The number of carboxylic acid groups (broad SMARTS) is 1. The molecule has 26 heavy (non-hydrogen) atoms. The van der Waals surface area contributed by atoms with Gasteiger partial charge in [-0.05, 0) is 48.9 Å². The highest BCUT2D eigenvalue weighted by molar-refractivity contribution is 6.50. The number of hydrogen-bond donors (Lipinski definition) is 2. The normalized spacial score (nSPS) is 11.5. The summed E-state index contributed by atoms with van der Waals surface area (Å²) in [4.78, 5) is 30.2. The minimum Gasteiger partial charge on any atom is -0.494 e. The highest BCUT2D eigenvalue weighted by Crippen LogP contribution is 2.22. The molecule has 0 unspecified atom stereocenters. The Kier molecular flexibility index (Phi) is 5.04. The molecule has 0 atom stereocenters. The van der Waals surface area contributed by atoms with Gasteiger partial charge < -0.3 is 14.8 Å². The standard InChI is InChI=1S/C19H15ClN2O4/c1-2-26-13-6-3-11(4-7-13)9-15(20)17-21-16-10-12(19(24)25)5-8-14(16)18(23)22-17/h3-10H,2H2,1H3,(H,24,25)(H,21,22,23)/b15-9-. The number of aromatic nitrogens is 2. The molecule has 0 fully saturated rings. The zero-order valence-electron chi connectivity index (χ0n) is 13.8. The second kappa shape index (κ2) is 7.41. The van der Waals surface area contributed by atoms with Gasteiger partial charge in [0.2, 0.25) is 0 Å². The molecule has 3 rings (SSSR count). The SMILES string of the molecule is CCOc1ccc(/C=C(\Cl)c2nc3cc(C(=O)O)ccc3c(=O)[nH]2)cc1. The summed E-state index contributed by atoms with van der Waals surface area (Å²) >= 11 is 6.30.